The summed E-state index contributed by atoms with van der Waals surface area (Å²) in [6, 6.07) is 10.5. The third-order valence-corrected chi connectivity index (χ3v) is 13.1. The van der Waals surface area contributed by atoms with Crippen LogP contribution in [0.2, 0.25) is 0 Å². The number of unbranched alkanes of at least 4 members (excludes halogenated alkanes) is 1. The van der Waals surface area contributed by atoms with Gasteiger partial charge in [-0.2, -0.15) is 0 Å². The summed E-state index contributed by atoms with van der Waals surface area (Å²) in [5, 5.41) is 3.34. The Kier molecular flexibility index (Phi) is 10.3. The Hall–Kier alpha value is -2.50. The van der Waals surface area contributed by atoms with E-state index in [1.165, 1.54) is 26.4 Å². The molecule has 0 unspecified atom stereocenters. The van der Waals surface area contributed by atoms with Gasteiger partial charge in [0.2, 0.25) is 0 Å². The average molecular weight is 570 g/mol. The van der Waals surface area contributed by atoms with Gasteiger partial charge in [0.1, 0.15) is 0 Å². The number of methoxy groups -OCH3 is 4. The standard InChI is InChI=1S/C27H39NO8S2/c1-33-23-12-10-21(19-25(23)35-3)9-5-6-15-28-16-7-14-27(37(29,30)17-8-18-38(27,31)32)22-11-13-24(34-2)26(20-22)36-4/h10-13,19-20,28H,5-9,14-18H2,1-4H3. The number of ether oxygens (including phenoxy) is 4. The second-order valence-electron chi connectivity index (χ2n) is 9.31. The van der Waals surface area contributed by atoms with E-state index in [-0.39, 0.29) is 29.9 Å². The molecule has 0 amide bonds. The number of hydrogen-bond donors (Lipinski definition) is 1. The van der Waals surface area contributed by atoms with Crippen LogP contribution in [0, 0.1) is 0 Å². The van der Waals surface area contributed by atoms with Gasteiger partial charge in [0.15, 0.2) is 46.8 Å². The van der Waals surface area contributed by atoms with Gasteiger partial charge < -0.3 is 24.3 Å². The maximum Gasteiger partial charge on any atom is 0.198 e. The first-order valence-corrected chi connectivity index (χ1v) is 16.0. The highest BCUT2D eigenvalue weighted by atomic mass is 32.3. The highest BCUT2D eigenvalue weighted by Gasteiger charge is 2.57. The summed E-state index contributed by atoms with van der Waals surface area (Å²) in [6.07, 6.45) is 3.25. The number of aryl methyl sites for hydroxylation is 1. The van der Waals surface area contributed by atoms with Gasteiger partial charge in [0.25, 0.3) is 0 Å². The van der Waals surface area contributed by atoms with Crippen molar-refractivity contribution >= 4 is 19.7 Å². The minimum absolute atomic E-state index is 0.0220. The Labute approximate surface area is 226 Å². The molecule has 1 aliphatic rings. The lowest BCUT2D eigenvalue weighted by molar-refractivity contribution is 0.354. The molecule has 3 rings (SSSR count). The van der Waals surface area contributed by atoms with Gasteiger partial charge in [-0.3, -0.25) is 0 Å². The summed E-state index contributed by atoms with van der Waals surface area (Å²) >= 11 is 0. The molecular formula is C27H39NO8S2. The molecule has 1 heterocycles. The van der Waals surface area contributed by atoms with Crippen molar-refractivity contribution in [3.05, 3.63) is 47.5 Å². The fraction of sp³-hybridized carbons (Fsp3) is 0.556. The maximum absolute atomic E-state index is 13.4. The molecule has 1 aliphatic heterocycles. The normalized spacial score (nSPS) is 17.5. The van der Waals surface area contributed by atoms with Crippen LogP contribution in [0.5, 0.6) is 23.0 Å². The third-order valence-electron chi connectivity index (χ3n) is 7.03. The largest absolute Gasteiger partial charge is 0.493 e. The van der Waals surface area contributed by atoms with Crippen LogP contribution in [-0.4, -0.2) is 69.9 Å². The Balaban J connectivity index is 1.62. The van der Waals surface area contributed by atoms with E-state index in [9.17, 15) is 16.8 Å². The number of nitrogens with one attached hydrogen (secondary N) is 1. The van der Waals surface area contributed by atoms with Crippen molar-refractivity contribution in [3.8, 4) is 23.0 Å². The molecule has 1 N–H and O–H groups in total. The van der Waals surface area contributed by atoms with Crippen molar-refractivity contribution in [1.82, 2.24) is 5.32 Å². The number of benzene rings is 2. The molecule has 2 aromatic carbocycles. The predicted octanol–water partition coefficient (Wildman–Crippen LogP) is 3.50. The lowest BCUT2D eigenvalue weighted by Gasteiger charge is -2.37. The summed E-state index contributed by atoms with van der Waals surface area (Å²) in [4.78, 5) is 0. The van der Waals surface area contributed by atoms with E-state index in [0.717, 1.165) is 31.4 Å². The van der Waals surface area contributed by atoms with E-state index >= 15 is 0 Å². The van der Waals surface area contributed by atoms with E-state index in [2.05, 4.69) is 5.32 Å². The molecule has 0 bridgehead atoms. The van der Waals surface area contributed by atoms with Crippen LogP contribution in [0.1, 0.15) is 43.2 Å². The van der Waals surface area contributed by atoms with Gasteiger partial charge in [-0.1, -0.05) is 12.1 Å². The molecule has 0 spiro atoms. The summed E-state index contributed by atoms with van der Waals surface area (Å²) in [7, 11) is -1.79. The third kappa shape index (κ3) is 6.21. The smallest absolute Gasteiger partial charge is 0.198 e. The molecule has 0 aromatic heterocycles. The number of hydrogen-bond acceptors (Lipinski definition) is 9. The molecule has 0 aliphatic carbocycles. The Morgan fingerprint density at radius 2 is 1.26 bits per heavy atom. The maximum atomic E-state index is 13.4. The fourth-order valence-corrected chi connectivity index (χ4v) is 10.9. The lowest BCUT2D eigenvalue weighted by atomic mass is 10.1. The molecule has 1 saturated heterocycles. The van der Waals surface area contributed by atoms with Gasteiger partial charge in [-0.15, -0.1) is 0 Å². The highest BCUT2D eigenvalue weighted by Crippen LogP contribution is 2.47. The Morgan fingerprint density at radius 1 is 0.711 bits per heavy atom. The van der Waals surface area contributed by atoms with Crippen LogP contribution in [-0.2, 0) is 30.2 Å². The SMILES string of the molecule is COc1ccc(CCCCNCCCC2(c3ccc(OC)c(OC)c3)S(=O)(=O)CCCS2(=O)=O)cc1OC. The minimum atomic E-state index is -3.96. The first-order valence-electron chi connectivity index (χ1n) is 12.7. The number of rotatable bonds is 14. The van der Waals surface area contributed by atoms with Crippen LogP contribution in [0.4, 0.5) is 0 Å². The van der Waals surface area contributed by atoms with Crippen molar-refractivity contribution in [2.45, 2.75) is 42.6 Å². The van der Waals surface area contributed by atoms with Crippen molar-refractivity contribution in [3.63, 3.8) is 0 Å². The first kappa shape index (κ1) is 30.0. The van der Waals surface area contributed by atoms with Crippen LogP contribution >= 0.6 is 0 Å². The molecule has 212 valence electrons. The number of sulfone groups is 2. The molecule has 2 aromatic rings. The fourth-order valence-electron chi connectivity index (χ4n) is 5.04. The molecule has 0 atom stereocenters. The molecule has 38 heavy (non-hydrogen) atoms. The second kappa shape index (κ2) is 13.0. The summed E-state index contributed by atoms with van der Waals surface area (Å²) < 4.78 is 72.9. The zero-order valence-corrected chi connectivity index (χ0v) is 24.3. The Morgan fingerprint density at radius 3 is 1.87 bits per heavy atom. The molecule has 9 nitrogen and oxygen atoms in total. The topological polar surface area (TPSA) is 117 Å². The quantitative estimate of drug-likeness (QED) is 0.341. The average Bonchev–Trinajstić information content (AvgIpc) is 2.90. The van der Waals surface area contributed by atoms with Gasteiger partial charge in [0.05, 0.1) is 39.9 Å². The zero-order chi connectivity index (χ0) is 27.8. The van der Waals surface area contributed by atoms with E-state index in [4.69, 9.17) is 18.9 Å². The molecule has 0 saturated carbocycles. The molecule has 0 radical (unpaired) electrons. The molecular weight excluding hydrogens is 530 g/mol. The van der Waals surface area contributed by atoms with Gasteiger partial charge in [-0.25, -0.2) is 16.8 Å². The summed E-state index contributed by atoms with van der Waals surface area (Å²) in [5.74, 6) is 1.79. The van der Waals surface area contributed by atoms with Gasteiger partial charge in [-0.05, 0) is 87.0 Å². The van der Waals surface area contributed by atoms with Crippen molar-refractivity contribution in [2.75, 3.05) is 53.0 Å². The molecule has 11 heteroatoms. The van der Waals surface area contributed by atoms with Crippen LogP contribution in [0.15, 0.2) is 36.4 Å². The van der Waals surface area contributed by atoms with E-state index in [1.807, 2.05) is 18.2 Å². The first-order chi connectivity index (χ1) is 18.2. The van der Waals surface area contributed by atoms with Crippen molar-refractivity contribution < 1.29 is 35.8 Å². The zero-order valence-electron chi connectivity index (χ0n) is 22.6. The predicted molar refractivity (Wildman–Crippen MR) is 148 cm³/mol. The second-order valence-corrected chi connectivity index (χ2v) is 14.2. The van der Waals surface area contributed by atoms with Crippen LogP contribution < -0.4 is 24.3 Å². The lowest BCUT2D eigenvalue weighted by Crippen LogP contribution is -2.50. The van der Waals surface area contributed by atoms with E-state index in [0.29, 0.717) is 36.0 Å². The van der Waals surface area contributed by atoms with Gasteiger partial charge in [0, 0.05) is 0 Å². The van der Waals surface area contributed by atoms with E-state index < -0.39 is 23.8 Å². The van der Waals surface area contributed by atoms with Crippen molar-refractivity contribution in [2.24, 2.45) is 0 Å². The van der Waals surface area contributed by atoms with Gasteiger partial charge >= 0.3 is 0 Å². The van der Waals surface area contributed by atoms with Crippen LogP contribution in [0.3, 0.4) is 0 Å². The van der Waals surface area contributed by atoms with Crippen LogP contribution in [0.25, 0.3) is 0 Å². The minimum Gasteiger partial charge on any atom is -0.493 e. The highest BCUT2D eigenvalue weighted by molar-refractivity contribution is 8.10. The van der Waals surface area contributed by atoms with E-state index in [1.54, 1.807) is 20.3 Å². The monoisotopic (exact) mass is 569 g/mol. The Bertz CT molecular complexity index is 1260. The molecule has 1 fully saturated rings. The van der Waals surface area contributed by atoms with Crippen molar-refractivity contribution in [1.29, 1.82) is 0 Å². The summed E-state index contributed by atoms with van der Waals surface area (Å²) in [6.45, 7) is 1.26. The summed E-state index contributed by atoms with van der Waals surface area (Å²) in [5.41, 5.74) is 1.37.